The van der Waals surface area contributed by atoms with Gasteiger partial charge >= 0.3 is 0 Å². The zero-order valence-corrected chi connectivity index (χ0v) is 14.8. The Balaban J connectivity index is 1.51. The zero-order valence-electron chi connectivity index (χ0n) is 13.2. The van der Waals surface area contributed by atoms with E-state index in [4.69, 9.17) is 0 Å². The van der Waals surface area contributed by atoms with E-state index in [1.807, 2.05) is 22.9 Å². The van der Waals surface area contributed by atoms with Crippen molar-refractivity contribution in [3.8, 4) is 21.8 Å². The highest BCUT2D eigenvalue weighted by atomic mass is 32.1. The Morgan fingerprint density at radius 1 is 1.00 bits per heavy atom. The van der Waals surface area contributed by atoms with E-state index in [0.29, 0.717) is 17.1 Å². The van der Waals surface area contributed by atoms with Crippen molar-refractivity contribution in [2.24, 2.45) is 0 Å². The summed E-state index contributed by atoms with van der Waals surface area (Å²) in [6.45, 7) is 0. The number of nitrogens with zero attached hydrogens (tertiary/aromatic N) is 4. The van der Waals surface area contributed by atoms with Crippen molar-refractivity contribution in [1.29, 1.82) is 0 Å². The number of anilines is 2. The monoisotopic (exact) mass is 381 g/mol. The van der Waals surface area contributed by atoms with E-state index in [0.717, 1.165) is 15.7 Å². The number of benzene rings is 1. The van der Waals surface area contributed by atoms with E-state index in [9.17, 15) is 10.1 Å². The fraction of sp³-hybridized carbons (Fsp3) is 0. The van der Waals surface area contributed by atoms with Gasteiger partial charge in [-0.25, -0.2) is 4.98 Å². The van der Waals surface area contributed by atoms with Crippen molar-refractivity contribution < 1.29 is 4.92 Å². The molecule has 26 heavy (non-hydrogen) atoms. The lowest BCUT2D eigenvalue weighted by molar-refractivity contribution is -0.384. The lowest BCUT2D eigenvalue weighted by Crippen LogP contribution is -1.96. The summed E-state index contributed by atoms with van der Waals surface area (Å²) in [5, 5.41) is 27.0. The molecular weight excluding hydrogens is 370 g/mol. The van der Waals surface area contributed by atoms with Gasteiger partial charge in [0, 0.05) is 23.1 Å². The maximum absolute atomic E-state index is 10.9. The minimum Gasteiger partial charge on any atom is -0.315 e. The average molecular weight is 381 g/mol. The Bertz CT molecular complexity index is 1050. The molecule has 4 rings (SSSR count). The molecule has 3 aromatic heterocycles. The van der Waals surface area contributed by atoms with Gasteiger partial charge in [-0.15, -0.1) is 32.9 Å². The standard InChI is InChI=1S/C17H11N5O2S2/c23-22(24)12-4-1-3-11(9-12)13-6-7-16(21-20-13)19-17-18-14(10-26-17)15-5-2-8-25-15/h1-10H,(H,18,19,21). The molecule has 0 aliphatic heterocycles. The van der Waals surface area contributed by atoms with E-state index in [1.54, 1.807) is 35.6 Å². The third-order valence-corrected chi connectivity index (χ3v) is 5.18. The molecule has 0 unspecified atom stereocenters. The molecule has 0 radical (unpaired) electrons. The van der Waals surface area contributed by atoms with Crippen LogP contribution in [0.5, 0.6) is 0 Å². The van der Waals surface area contributed by atoms with Crippen LogP contribution in [0.1, 0.15) is 0 Å². The first-order chi connectivity index (χ1) is 12.7. The smallest absolute Gasteiger partial charge is 0.270 e. The molecule has 4 aromatic rings. The number of hydrogen-bond acceptors (Lipinski definition) is 8. The maximum atomic E-state index is 10.9. The van der Waals surface area contributed by atoms with Crippen LogP contribution >= 0.6 is 22.7 Å². The predicted molar refractivity (Wildman–Crippen MR) is 103 cm³/mol. The third-order valence-electron chi connectivity index (χ3n) is 3.53. The number of nitro benzene ring substituents is 1. The zero-order chi connectivity index (χ0) is 17.9. The molecule has 0 bridgehead atoms. The minimum absolute atomic E-state index is 0.0235. The quantitative estimate of drug-likeness (QED) is 0.387. The Hall–Kier alpha value is -3.17. The van der Waals surface area contributed by atoms with E-state index in [-0.39, 0.29) is 5.69 Å². The van der Waals surface area contributed by atoms with Gasteiger partial charge in [0.15, 0.2) is 10.9 Å². The van der Waals surface area contributed by atoms with Gasteiger partial charge in [-0.2, -0.15) is 0 Å². The molecule has 0 fully saturated rings. The lowest BCUT2D eigenvalue weighted by Gasteiger charge is -2.03. The van der Waals surface area contributed by atoms with Crippen LogP contribution in [-0.4, -0.2) is 20.1 Å². The van der Waals surface area contributed by atoms with Crippen LogP contribution in [0.2, 0.25) is 0 Å². The number of hydrogen-bond donors (Lipinski definition) is 1. The Kier molecular flexibility index (Phi) is 4.38. The summed E-state index contributed by atoms with van der Waals surface area (Å²) in [6, 6.07) is 13.9. The van der Waals surface area contributed by atoms with Crippen molar-refractivity contribution in [1.82, 2.24) is 15.2 Å². The molecular formula is C17H11N5O2S2. The molecule has 1 N–H and O–H groups in total. The summed E-state index contributed by atoms with van der Waals surface area (Å²) in [4.78, 5) is 16.1. The molecule has 3 heterocycles. The van der Waals surface area contributed by atoms with E-state index in [1.165, 1.54) is 23.5 Å². The Labute approximate surface area is 156 Å². The van der Waals surface area contributed by atoms with Gasteiger partial charge in [-0.3, -0.25) is 10.1 Å². The second-order valence-corrected chi connectivity index (χ2v) is 7.06. The highest BCUT2D eigenvalue weighted by Gasteiger charge is 2.10. The number of aromatic nitrogens is 3. The summed E-state index contributed by atoms with van der Waals surface area (Å²) < 4.78 is 0. The Morgan fingerprint density at radius 2 is 1.92 bits per heavy atom. The molecule has 0 spiro atoms. The number of nitrogens with one attached hydrogen (secondary N) is 1. The number of nitro groups is 1. The number of thiazole rings is 1. The van der Waals surface area contributed by atoms with Gasteiger partial charge in [0.05, 0.1) is 21.2 Å². The van der Waals surface area contributed by atoms with Crippen LogP contribution < -0.4 is 5.32 Å². The first kappa shape index (κ1) is 16.3. The summed E-state index contributed by atoms with van der Waals surface area (Å²) >= 11 is 3.13. The van der Waals surface area contributed by atoms with Gasteiger partial charge in [-0.1, -0.05) is 18.2 Å². The van der Waals surface area contributed by atoms with Crippen LogP contribution in [-0.2, 0) is 0 Å². The van der Waals surface area contributed by atoms with Crippen molar-refractivity contribution in [3.63, 3.8) is 0 Å². The SMILES string of the molecule is O=[N+]([O-])c1cccc(-c2ccc(Nc3nc(-c4cccs4)cs3)nn2)c1. The maximum Gasteiger partial charge on any atom is 0.270 e. The fourth-order valence-corrected chi connectivity index (χ4v) is 3.79. The molecule has 0 atom stereocenters. The molecule has 7 nitrogen and oxygen atoms in total. The lowest BCUT2D eigenvalue weighted by atomic mass is 10.1. The summed E-state index contributed by atoms with van der Waals surface area (Å²) in [5.41, 5.74) is 2.16. The number of non-ortho nitro benzene ring substituents is 1. The van der Waals surface area contributed by atoms with Crippen LogP contribution in [0.15, 0.2) is 59.3 Å². The minimum atomic E-state index is -0.430. The molecule has 0 aliphatic rings. The van der Waals surface area contributed by atoms with Gasteiger partial charge < -0.3 is 5.32 Å². The first-order valence-corrected chi connectivity index (χ1v) is 9.30. The van der Waals surface area contributed by atoms with E-state index >= 15 is 0 Å². The fourth-order valence-electron chi connectivity index (χ4n) is 2.31. The predicted octanol–water partition coefficient (Wildman–Crippen LogP) is 4.98. The number of rotatable bonds is 5. The highest BCUT2D eigenvalue weighted by Crippen LogP contribution is 2.29. The van der Waals surface area contributed by atoms with E-state index in [2.05, 4.69) is 20.5 Å². The molecule has 128 valence electrons. The van der Waals surface area contributed by atoms with Crippen molar-refractivity contribution in [2.45, 2.75) is 0 Å². The van der Waals surface area contributed by atoms with Crippen LogP contribution in [0.25, 0.3) is 21.8 Å². The topological polar surface area (TPSA) is 93.8 Å². The largest absolute Gasteiger partial charge is 0.315 e. The molecule has 0 aliphatic carbocycles. The van der Waals surface area contributed by atoms with Crippen LogP contribution in [0.3, 0.4) is 0 Å². The first-order valence-electron chi connectivity index (χ1n) is 7.54. The van der Waals surface area contributed by atoms with Gasteiger partial charge in [0.25, 0.3) is 5.69 Å². The van der Waals surface area contributed by atoms with Gasteiger partial charge in [0.1, 0.15) is 0 Å². The second kappa shape index (κ2) is 6.98. The van der Waals surface area contributed by atoms with E-state index < -0.39 is 4.92 Å². The highest BCUT2D eigenvalue weighted by molar-refractivity contribution is 7.16. The molecule has 0 saturated carbocycles. The van der Waals surface area contributed by atoms with Crippen molar-refractivity contribution >= 4 is 39.3 Å². The summed E-state index contributed by atoms with van der Waals surface area (Å²) in [7, 11) is 0. The second-order valence-electron chi connectivity index (χ2n) is 5.25. The van der Waals surface area contributed by atoms with Crippen molar-refractivity contribution in [2.75, 3.05) is 5.32 Å². The molecule has 9 heteroatoms. The number of thiophene rings is 1. The van der Waals surface area contributed by atoms with Gasteiger partial charge in [0.2, 0.25) is 0 Å². The molecule has 0 saturated heterocycles. The van der Waals surface area contributed by atoms with Crippen LogP contribution in [0, 0.1) is 10.1 Å². The van der Waals surface area contributed by atoms with Crippen molar-refractivity contribution in [3.05, 3.63) is 69.4 Å². The summed E-state index contributed by atoms with van der Waals surface area (Å²) in [5.74, 6) is 0.561. The third kappa shape index (κ3) is 3.44. The summed E-state index contributed by atoms with van der Waals surface area (Å²) in [6.07, 6.45) is 0. The van der Waals surface area contributed by atoms with Gasteiger partial charge in [-0.05, 0) is 23.6 Å². The molecule has 1 aromatic carbocycles. The average Bonchev–Trinajstić information content (AvgIpc) is 3.34. The van der Waals surface area contributed by atoms with Crippen LogP contribution in [0.4, 0.5) is 16.6 Å². The molecule has 0 amide bonds. The Morgan fingerprint density at radius 3 is 2.65 bits per heavy atom. The normalized spacial score (nSPS) is 10.6.